The highest BCUT2D eigenvalue weighted by atomic mass is 19.1. The molecule has 3 rings (SSSR count). The van der Waals surface area contributed by atoms with E-state index in [1.165, 1.54) is 12.1 Å². The predicted molar refractivity (Wildman–Crippen MR) is 124 cm³/mol. The van der Waals surface area contributed by atoms with Gasteiger partial charge in [0.25, 0.3) is 0 Å². The van der Waals surface area contributed by atoms with Gasteiger partial charge in [-0.05, 0) is 70.1 Å². The van der Waals surface area contributed by atoms with Crippen molar-refractivity contribution < 1.29 is 14.0 Å². The first-order valence-corrected chi connectivity index (χ1v) is 10.3. The molecule has 168 valence electrons. The number of rotatable bonds is 7. The number of likely N-dealkylation sites (N-methyl/N-ethyl adjacent to an activating group) is 1. The Hall–Kier alpha value is -3.52. The lowest BCUT2D eigenvalue weighted by molar-refractivity contribution is -0.119. The molecule has 0 saturated carbocycles. The lowest BCUT2D eigenvalue weighted by Gasteiger charge is -2.18. The largest absolute Gasteiger partial charge is 0.324 e. The summed E-state index contributed by atoms with van der Waals surface area (Å²) in [5.74, 6) is -0.351. The average Bonchev–Trinajstić information content (AvgIpc) is 3.04. The number of carbonyl (C=O) groups is 2. The molecule has 0 spiro atoms. The molecule has 2 N–H and O–H groups in total. The molecule has 0 radical (unpaired) electrons. The van der Waals surface area contributed by atoms with Crippen LogP contribution in [0.2, 0.25) is 0 Å². The van der Waals surface area contributed by atoms with Crippen LogP contribution >= 0.6 is 0 Å². The highest BCUT2D eigenvalue weighted by molar-refractivity contribution is 5.95. The smallest absolute Gasteiger partial charge is 0.239 e. The van der Waals surface area contributed by atoms with Crippen LogP contribution in [0.15, 0.2) is 42.5 Å². The van der Waals surface area contributed by atoms with Crippen LogP contribution < -0.4 is 10.6 Å². The molecular formula is C24H28FN5O2. The summed E-state index contributed by atoms with van der Waals surface area (Å²) in [5, 5.41) is 10.1. The van der Waals surface area contributed by atoms with Gasteiger partial charge in [0, 0.05) is 11.8 Å². The van der Waals surface area contributed by atoms with Crippen molar-refractivity contribution in [3.8, 4) is 5.69 Å². The van der Waals surface area contributed by atoms with Gasteiger partial charge >= 0.3 is 0 Å². The summed E-state index contributed by atoms with van der Waals surface area (Å²) in [6.45, 7) is 7.82. The van der Waals surface area contributed by atoms with Gasteiger partial charge in [-0.2, -0.15) is 5.10 Å². The van der Waals surface area contributed by atoms with E-state index in [1.54, 1.807) is 41.8 Å². The normalized spacial score (nSPS) is 11.0. The molecular weight excluding hydrogens is 409 g/mol. The summed E-state index contributed by atoms with van der Waals surface area (Å²) >= 11 is 0. The maximum atomic E-state index is 13.2. The quantitative estimate of drug-likeness (QED) is 0.590. The first kappa shape index (κ1) is 23.1. The zero-order chi connectivity index (χ0) is 23.4. The molecule has 0 unspecified atom stereocenters. The Bertz CT molecular complexity index is 1110. The van der Waals surface area contributed by atoms with Gasteiger partial charge in [-0.3, -0.25) is 14.5 Å². The average molecular weight is 438 g/mol. The number of hydrogen-bond acceptors (Lipinski definition) is 4. The van der Waals surface area contributed by atoms with Crippen LogP contribution in [0.25, 0.3) is 5.69 Å². The minimum absolute atomic E-state index is 0.0208. The van der Waals surface area contributed by atoms with E-state index in [0.717, 1.165) is 22.4 Å². The minimum atomic E-state index is -0.348. The lowest BCUT2D eigenvalue weighted by atomic mass is 10.1. The molecule has 0 saturated heterocycles. The van der Waals surface area contributed by atoms with Gasteiger partial charge in [0.2, 0.25) is 11.8 Å². The van der Waals surface area contributed by atoms with Gasteiger partial charge in [-0.1, -0.05) is 17.7 Å². The molecule has 1 heterocycles. The standard InChI is InChI=1S/C24H28FN5O2/c1-15-10-16(2)24(17(3)11-15)27-23(32)14-29(5)13-22(31)26-21-12-18(4)28-30(21)20-8-6-19(25)7-9-20/h6-12H,13-14H2,1-5H3,(H,26,31)(H,27,32). The van der Waals surface area contributed by atoms with Crippen molar-refractivity contribution in [1.82, 2.24) is 14.7 Å². The minimum Gasteiger partial charge on any atom is -0.324 e. The molecule has 0 aliphatic rings. The van der Waals surface area contributed by atoms with E-state index in [-0.39, 0.29) is 30.7 Å². The van der Waals surface area contributed by atoms with E-state index in [1.807, 2.05) is 32.9 Å². The number of aryl methyl sites for hydroxylation is 4. The molecule has 0 atom stereocenters. The topological polar surface area (TPSA) is 79.3 Å². The Morgan fingerprint density at radius 2 is 1.50 bits per heavy atom. The number of nitrogens with one attached hydrogen (secondary N) is 2. The van der Waals surface area contributed by atoms with Crippen LogP contribution in [0.5, 0.6) is 0 Å². The highest BCUT2D eigenvalue weighted by Gasteiger charge is 2.15. The number of benzene rings is 2. The predicted octanol–water partition coefficient (Wildman–Crippen LogP) is 3.75. The second-order valence-corrected chi connectivity index (χ2v) is 8.10. The Morgan fingerprint density at radius 1 is 0.938 bits per heavy atom. The zero-order valence-corrected chi connectivity index (χ0v) is 19.0. The third kappa shape index (κ3) is 5.79. The monoisotopic (exact) mass is 437 g/mol. The highest BCUT2D eigenvalue weighted by Crippen LogP contribution is 2.22. The number of hydrogen-bond donors (Lipinski definition) is 2. The zero-order valence-electron chi connectivity index (χ0n) is 19.0. The summed E-state index contributed by atoms with van der Waals surface area (Å²) in [4.78, 5) is 26.7. The van der Waals surface area contributed by atoms with E-state index in [0.29, 0.717) is 17.2 Å². The SMILES string of the molecule is Cc1cc(C)c(NC(=O)CN(C)CC(=O)Nc2cc(C)nn2-c2ccc(F)cc2)c(C)c1. The van der Waals surface area contributed by atoms with Crippen molar-refractivity contribution in [3.05, 3.63) is 70.7 Å². The van der Waals surface area contributed by atoms with Crippen molar-refractivity contribution in [2.24, 2.45) is 0 Å². The van der Waals surface area contributed by atoms with Crippen LogP contribution in [0.4, 0.5) is 15.9 Å². The van der Waals surface area contributed by atoms with Crippen LogP contribution in [0, 0.1) is 33.5 Å². The van der Waals surface area contributed by atoms with Gasteiger partial charge in [0.1, 0.15) is 11.6 Å². The van der Waals surface area contributed by atoms with Crippen LogP contribution in [0.1, 0.15) is 22.4 Å². The second kappa shape index (κ2) is 9.74. The van der Waals surface area contributed by atoms with Gasteiger partial charge in [0.15, 0.2) is 0 Å². The summed E-state index contributed by atoms with van der Waals surface area (Å²) in [6, 6.07) is 11.6. The fourth-order valence-electron chi connectivity index (χ4n) is 3.65. The van der Waals surface area contributed by atoms with Crippen LogP contribution in [-0.4, -0.2) is 46.6 Å². The summed E-state index contributed by atoms with van der Waals surface area (Å²) in [6.07, 6.45) is 0. The lowest BCUT2D eigenvalue weighted by Crippen LogP contribution is -2.36. The molecule has 0 fully saturated rings. The van der Waals surface area contributed by atoms with E-state index in [9.17, 15) is 14.0 Å². The molecule has 0 bridgehead atoms. The molecule has 0 aliphatic heterocycles. The number of halogens is 1. The van der Waals surface area contributed by atoms with Gasteiger partial charge in [-0.25, -0.2) is 9.07 Å². The van der Waals surface area contributed by atoms with Crippen molar-refractivity contribution in [3.63, 3.8) is 0 Å². The first-order chi connectivity index (χ1) is 15.1. The van der Waals surface area contributed by atoms with E-state index in [4.69, 9.17) is 0 Å². The summed E-state index contributed by atoms with van der Waals surface area (Å²) < 4.78 is 14.8. The molecule has 2 amide bonds. The Kier molecular flexibility index (Phi) is 7.05. The Morgan fingerprint density at radius 3 is 2.09 bits per heavy atom. The number of aromatic nitrogens is 2. The van der Waals surface area contributed by atoms with Crippen molar-refractivity contribution in [2.45, 2.75) is 27.7 Å². The van der Waals surface area contributed by atoms with Crippen LogP contribution in [-0.2, 0) is 9.59 Å². The van der Waals surface area contributed by atoms with Crippen LogP contribution in [0.3, 0.4) is 0 Å². The third-order valence-electron chi connectivity index (χ3n) is 4.94. The fraction of sp³-hybridized carbons (Fsp3) is 0.292. The second-order valence-electron chi connectivity index (χ2n) is 8.10. The first-order valence-electron chi connectivity index (χ1n) is 10.3. The van der Waals surface area contributed by atoms with Gasteiger partial charge in [-0.15, -0.1) is 0 Å². The number of carbonyl (C=O) groups excluding carboxylic acids is 2. The molecule has 32 heavy (non-hydrogen) atoms. The van der Waals surface area contributed by atoms with Crippen molar-refractivity contribution in [1.29, 1.82) is 0 Å². The maximum absolute atomic E-state index is 13.2. The molecule has 7 nitrogen and oxygen atoms in total. The molecule has 8 heteroatoms. The molecule has 2 aromatic carbocycles. The third-order valence-corrected chi connectivity index (χ3v) is 4.94. The Labute approximate surface area is 187 Å². The van der Waals surface area contributed by atoms with E-state index in [2.05, 4.69) is 15.7 Å². The number of nitrogens with zero attached hydrogens (tertiary/aromatic N) is 3. The molecule has 1 aromatic heterocycles. The van der Waals surface area contributed by atoms with Crippen molar-refractivity contribution >= 4 is 23.3 Å². The number of amides is 2. The van der Waals surface area contributed by atoms with Gasteiger partial charge in [0.05, 0.1) is 24.5 Å². The summed E-state index contributed by atoms with van der Waals surface area (Å²) in [7, 11) is 1.70. The van der Waals surface area contributed by atoms with Crippen molar-refractivity contribution in [2.75, 3.05) is 30.8 Å². The summed E-state index contributed by atoms with van der Waals surface area (Å²) in [5.41, 5.74) is 5.29. The Balaban J connectivity index is 1.60. The maximum Gasteiger partial charge on any atom is 0.239 e. The van der Waals surface area contributed by atoms with E-state index >= 15 is 0 Å². The molecule has 3 aromatic rings. The fourth-order valence-corrected chi connectivity index (χ4v) is 3.65. The molecule has 0 aliphatic carbocycles. The number of anilines is 2. The van der Waals surface area contributed by atoms with Gasteiger partial charge < -0.3 is 10.6 Å². The van der Waals surface area contributed by atoms with E-state index < -0.39 is 0 Å².